The number of carboxylic acids is 1. The van der Waals surface area contributed by atoms with Gasteiger partial charge >= 0.3 is 12.0 Å². The highest BCUT2D eigenvalue weighted by Crippen LogP contribution is 1.99. The zero-order valence-corrected chi connectivity index (χ0v) is 10.3. The average molecular weight is 248 g/mol. The molecule has 0 spiro atoms. The van der Waals surface area contributed by atoms with E-state index in [0.29, 0.717) is 6.54 Å². The number of carbonyl (C=O) groups excluding carboxylic acids is 1. The summed E-state index contributed by atoms with van der Waals surface area (Å²) >= 11 is 0. The molecule has 0 aromatic rings. The number of carbonyl (C=O) groups is 2. The first kappa shape index (κ1) is 15.7. The summed E-state index contributed by atoms with van der Waals surface area (Å²) in [6.07, 6.45) is 0. The summed E-state index contributed by atoms with van der Waals surface area (Å²) in [7, 11) is 1.48. The number of rotatable bonds is 8. The van der Waals surface area contributed by atoms with E-state index in [2.05, 4.69) is 0 Å². The van der Waals surface area contributed by atoms with Crippen LogP contribution < -0.4 is 0 Å². The molecule has 0 unspecified atom stereocenters. The number of nitrogens with zero attached hydrogens (tertiary/aromatic N) is 2. The van der Waals surface area contributed by atoms with Gasteiger partial charge in [-0.05, 0) is 6.92 Å². The zero-order chi connectivity index (χ0) is 13.3. The Hall–Kier alpha value is -1.34. The largest absolute Gasteiger partial charge is 0.480 e. The van der Waals surface area contributed by atoms with Crippen LogP contribution in [0.25, 0.3) is 0 Å². The third-order valence-corrected chi connectivity index (χ3v) is 2.18. The molecule has 0 aliphatic carbocycles. The van der Waals surface area contributed by atoms with Crippen LogP contribution in [0, 0.1) is 0 Å². The Bertz CT molecular complexity index is 247. The standard InChI is InChI=1S/C10H20N2O5/c1-3-11(4-6-13)10(16)12(5-7-17-2)8-9(14)15/h13H,3-8H2,1-2H3,(H,14,15). The van der Waals surface area contributed by atoms with Crippen molar-refractivity contribution in [3.8, 4) is 0 Å². The monoisotopic (exact) mass is 248 g/mol. The smallest absolute Gasteiger partial charge is 0.323 e. The van der Waals surface area contributed by atoms with E-state index in [1.807, 2.05) is 0 Å². The van der Waals surface area contributed by atoms with Gasteiger partial charge in [-0.2, -0.15) is 0 Å². The number of hydrogen-bond donors (Lipinski definition) is 2. The predicted octanol–water partition coefficient (Wildman–Crippen LogP) is -0.546. The molecule has 7 nitrogen and oxygen atoms in total. The fourth-order valence-electron chi connectivity index (χ4n) is 1.32. The second kappa shape index (κ2) is 8.77. The van der Waals surface area contributed by atoms with E-state index < -0.39 is 12.0 Å². The molecule has 0 heterocycles. The molecule has 0 aromatic carbocycles. The van der Waals surface area contributed by atoms with Crippen LogP contribution in [0.3, 0.4) is 0 Å². The molecule has 0 saturated heterocycles. The van der Waals surface area contributed by atoms with Gasteiger partial charge in [0.05, 0.1) is 13.2 Å². The van der Waals surface area contributed by atoms with Crippen LogP contribution in [-0.4, -0.2) is 78.5 Å². The first-order valence-electron chi connectivity index (χ1n) is 5.42. The molecular weight excluding hydrogens is 228 g/mol. The number of likely N-dealkylation sites (N-methyl/N-ethyl adjacent to an activating group) is 1. The Balaban J connectivity index is 4.52. The van der Waals surface area contributed by atoms with Gasteiger partial charge in [0.2, 0.25) is 0 Å². The van der Waals surface area contributed by atoms with Crippen molar-refractivity contribution in [1.29, 1.82) is 0 Å². The van der Waals surface area contributed by atoms with E-state index in [4.69, 9.17) is 14.9 Å². The fraction of sp³-hybridized carbons (Fsp3) is 0.800. The second-order valence-corrected chi connectivity index (χ2v) is 3.39. The van der Waals surface area contributed by atoms with E-state index in [1.54, 1.807) is 6.92 Å². The van der Waals surface area contributed by atoms with Crippen molar-refractivity contribution in [2.24, 2.45) is 0 Å². The van der Waals surface area contributed by atoms with Gasteiger partial charge in [0.1, 0.15) is 6.54 Å². The van der Waals surface area contributed by atoms with Crippen LogP contribution in [0.1, 0.15) is 6.92 Å². The van der Waals surface area contributed by atoms with Crippen LogP contribution >= 0.6 is 0 Å². The summed E-state index contributed by atoms with van der Waals surface area (Å²) in [6.45, 7) is 2.35. The molecule has 0 bridgehead atoms. The van der Waals surface area contributed by atoms with E-state index in [9.17, 15) is 9.59 Å². The van der Waals surface area contributed by atoms with Gasteiger partial charge in [0.15, 0.2) is 0 Å². The van der Waals surface area contributed by atoms with Crippen LogP contribution in [0.2, 0.25) is 0 Å². The number of carboxylic acid groups (broad SMARTS) is 1. The van der Waals surface area contributed by atoms with Gasteiger partial charge in [-0.25, -0.2) is 4.79 Å². The minimum absolute atomic E-state index is 0.148. The maximum Gasteiger partial charge on any atom is 0.323 e. The number of urea groups is 1. The van der Waals surface area contributed by atoms with Crippen molar-refractivity contribution in [3.05, 3.63) is 0 Å². The van der Waals surface area contributed by atoms with E-state index in [-0.39, 0.29) is 32.8 Å². The summed E-state index contributed by atoms with van der Waals surface area (Å²) in [5.74, 6) is -1.07. The van der Waals surface area contributed by atoms with Gasteiger partial charge in [-0.3, -0.25) is 4.79 Å². The minimum atomic E-state index is -1.07. The van der Waals surface area contributed by atoms with Crippen molar-refractivity contribution in [3.63, 3.8) is 0 Å². The highest BCUT2D eigenvalue weighted by molar-refractivity contribution is 5.80. The molecule has 0 fully saturated rings. The van der Waals surface area contributed by atoms with E-state index >= 15 is 0 Å². The molecule has 2 amide bonds. The molecule has 2 N–H and O–H groups in total. The maximum atomic E-state index is 11.9. The van der Waals surface area contributed by atoms with Crippen molar-refractivity contribution in [1.82, 2.24) is 9.80 Å². The minimum Gasteiger partial charge on any atom is -0.480 e. The average Bonchev–Trinajstić information content (AvgIpc) is 2.30. The lowest BCUT2D eigenvalue weighted by Gasteiger charge is -2.28. The summed E-state index contributed by atoms with van der Waals surface area (Å²) < 4.78 is 4.82. The topological polar surface area (TPSA) is 90.3 Å². The van der Waals surface area contributed by atoms with Crippen molar-refractivity contribution in [2.75, 3.05) is 46.5 Å². The molecule has 17 heavy (non-hydrogen) atoms. The lowest BCUT2D eigenvalue weighted by atomic mass is 10.4. The summed E-state index contributed by atoms with van der Waals surface area (Å²) in [4.78, 5) is 25.1. The molecule has 7 heteroatoms. The molecule has 0 radical (unpaired) electrons. The Morgan fingerprint density at radius 1 is 1.24 bits per heavy atom. The van der Waals surface area contributed by atoms with Gasteiger partial charge in [-0.1, -0.05) is 0 Å². The highest BCUT2D eigenvalue weighted by Gasteiger charge is 2.21. The van der Waals surface area contributed by atoms with E-state index in [1.165, 1.54) is 16.9 Å². The number of methoxy groups -OCH3 is 1. The zero-order valence-electron chi connectivity index (χ0n) is 10.3. The number of aliphatic hydroxyl groups is 1. The summed E-state index contributed by atoms with van der Waals surface area (Å²) in [6, 6.07) is -0.402. The Morgan fingerprint density at radius 3 is 2.29 bits per heavy atom. The van der Waals surface area contributed by atoms with E-state index in [0.717, 1.165) is 0 Å². The summed E-state index contributed by atoms with van der Waals surface area (Å²) in [5, 5.41) is 17.5. The first-order valence-corrected chi connectivity index (χ1v) is 5.42. The number of aliphatic carboxylic acids is 1. The highest BCUT2D eigenvalue weighted by atomic mass is 16.5. The Labute approximate surface area is 101 Å². The SMILES string of the molecule is CCN(CCO)C(=O)N(CCOC)CC(=O)O. The first-order chi connectivity index (χ1) is 8.06. The Kier molecular flexibility index (Phi) is 8.08. The van der Waals surface area contributed by atoms with Gasteiger partial charge in [0, 0.05) is 26.7 Å². The Morgan fingerprint density at radius 2 is 1.88 bits per heavy atom. The fourth-order valence-corrected chi connectivity index (χ4v) is 1.32. The van der Waals surface area contributed by atoms with Crippen LogP contribution in [0.5, 0.6) is 0 Å². The second-order valence-electron chi connectivity index (χ2n) is 3.39. The molecule has 0 aliphatic heterocycles. The van der Waals surface area contributed by atoms with Crippen LogP contribution in [0.4, 0.5) is 4.79 Å². The molecular formula is C10H20N2O5. The number of aliphatic hydroxyl groups excluding tert-OH is 1. The van der Waals surface area contributed by atoms with Gasteiger partial charge < -0.3 is 24.7 Å². The van der Waals surface area contributed by atoms with Gasteiger partial charge in [0.25, 0.3) is 0 Å². The quantitative estimate of drug-likeness (QED) is 0.601. The van der Waals surface area contributed by atoms with Crippen molar-refractivity contribution < 1.29 is 24.5 Å². The lowest BCUT2D eigenvalue weighted by Crippen LogP contribution is -2.47. The molecule has 0 atom stereocenters. The van der Waals surface area contributed by atoms with Crippen molar-refractivity contribution in [2.45, 2.75) is 6.92 Å². The summed E-state index contributed by atoms with van der Waals surface area (Å²) in [5.41, 5.74) is 0. The molecule has 0 rings (SSSR count). The number of amides is 2. The third-order valence-electron chi connectivity index (χ3n) is 2.18. The third kappa shape index (κ3) is 6.08. The number of hydrogen-bond acceptors (Lipinski definition) is 4. The number of ether oxygens (including phenoxy) is 1. The predicted molar refractivity (Wildman–Crippen MR) is 60.8 cm³/mol. The molecule has 0 aliphatic rings. The lowest BCUT2D eigenvalue weighted by molar-refractivity contribution is -0.137. The maximum absolute atomic E-state index is 11.9. The van der Waals surface area contributed by atoms with Crippen LogP contribution in [0.15, 0.2) is 0 Å². The van der Waals surface area contributed by atoms with Gasteiger partial charge in [-0.15, -0.1) is 0 Å². The normalized spacial score (nSPS) is 10.1. The molecule has 100 valence electrons. The van der Waals surface area contributed by atoms with Crippen molar-refractivity contribution >= 4 is 12.0 Å². The molecule has 0 saturated carbocycles. The van der Waals surface area contributed by atoms with Crippen LogP contribution in [-0.2, 0) is 9.53 Å². The molecule has 0 aromatic heterocycles.